The fourth-order valence-corrected chi connectivity index (χ4v) is 6.36. The van der Waals surface area contributed by atoms with E-state index in [4.69, 9.17) is 4.74 Å². The van der Waals surface area contributed by atoms with Crippen molar-refractivity contribution < 1.29 is 14.3 Å². The van der Waals surface area contributed by atoms with Crippen LogP contribution in [-0.2, 0) is 22.4 Å². The number of carbonyl (C=O) groups excluding carboxylic acids is 2. The van der Waals surface area contributed by atoms with Gasteiger partial charge in [-0.3, -0.25) is 4.79 Å². The van der Waals surface area contributed by atoms with Crippen LogP contribution in [0.25, 0.3) is 0 Å². The van der Waals surface area contributed by atoms with Crippen LogP contribution >= 0.6 is 11.3 Å². The average Bonchev–Trinajstić information content (AvgIpc) is 3.30. The standard InChI is InChI=1S/C21H29NO3S/c1-2-10-25-21(24)18-15-6-4-3-5-7-17(15)26-20(18)22-19(23)16-12-13-8-9-14(16)11-13/h13-14,16H,2-12H2,1H3,(H,22,23)/t13-,14+,16-/m0/s1. The van der Waals surface area contributed by atoms with Gasteiger partial charge < -0.3 is 10.1 Å². The lowest BCUT2D eigenvalue weighted by Gasteiger charge is -2.20. The first-order valence-corrected chi connectivity index (χ1v) is 11.1. The van der Waals surface area contributed by atoms with Crippen molar-refractivity contribution in [1.29, 1.82) is 0 Å². The lowest BCUT2D eigenvalue weighted by atomic mass is 9.88. The van der Waals surface area contributed by atoms with Crippen molar-refractivity contribution in [3.8, 4) is 0 Å². The third-order valence-corrected chi connectivity index (χ3v) is 7.58. The van der Waals surface area contributed by atoms with E-state index in [0.29, 0.717) is 18.1 Å². The smallest absolute Gasteiger partial charge is 0.341 e. The van der Waals surface area contributed by atoms with E-state index in [9.17, 15) is 9.59 Å². The highest BCUT2D eigenvalue weighted by Gasteiger charge is 2.43. The van der Waals surface area contributed by atoms with Crippen molar-refractivity contribution in [2.45, 2.75) is 71.1 Å². The number of nitrogens with one attached hydrogen (secondary N) is 1. The Labute approximate surface area is 159 Å². The molecule has 0 saturated heterocycles. The molecule has 4 nitrogen and oxygen atoms in total. The zero-order chi connectivity index (χ0) is 18.1. The van der Waals surface area contributed by atoms with Gasteiger partial charge in [0.25, 0.3) is 0 Å². The molecule has 3 atom stereocenters. The number of aryl methyl sites for hydroxylation is 1. The summed E-state index contributed by atoms with van der Waals surface area (Å²) in [5.74, 6) is 1.29. The molecule has 5 heteroatoms. The molecule has 0 radical (unpaired) electrons. The summed E-state index contributed by atoms with van der Waals surface area (Å²) in [5.41, 5.74) is 1.79. The van der Waals surface area contributed by atoms with Gasteiger partial charge in [0.2, 0.25) is 5.91 Å². The summed E-state index contributed by atoms with van der Waals surface area (Å²) in [7, 11) is 0. The minimum Gasteiger partial charge on any atom is -0.462 e. The number of hydrogen-bond acceptors (Lipinski definition) is 4. The summed E-state index contributed by atoms with van der Waals surface area (Å²) >= 11 is 1.61. The highest BCUT2D eigenvalue weighted by molar-refractivity contribution is 7.17. The molecule has 4 rings (SSSR count). The lowest BCUT2D eigenvalue weighted by molar-refractivity contribution is -0.121. The van der Waals surface area contributed by atoms with E-state index in [1.54, 1.807) is 11.3 Å². The van der Waals surface area contributed by atoms with E-state index in [1.807, 2.05) is 6.92 Å². The number of thiophene rings is 1. The van der Waals surface area contributed by atoms with Crippen LogP contribution in [-0.4, -0.2) is 18.5 Å². The average molecular weight is 376 g/mol. The molecule has 142 valence electrons. The fourth-order valence-electron chi connectivity index (χ4n) is 5.08. The highest BCUT2D eigenvalue weighted by Crippen LogP contribution is 2.49. The van der Waals surface area contributed by atoms with Crippen LogP contribution in [0.2, 0.25) is 0 Å². The van der Waals surface area contributed by atoms with E-state index in [2.05, 4.69) is 5.32 Å². The molecule has 3 aliphatic rings. The van der Waals surface area contributed by atoms with E-state index in [0.717, 1.165) is 55.0 Å². The van der Waals surface area contributed by atoms with Crippen LogP contribution in [0.4, 0.5) is 5.00 Å². The molecule has 0 aromatic carbocycles. The molecule has 1 amide bonds. The van der Waals surface area contributed by atoms with Gasteiger partial charge in [-0.15, -0.1) is 11.3 Å². The topological polar surface area (TPSA) is 55.4 Å². The van der Waals surface area contributed by atoms with Crippen molar-refractivity contribution in [2.75, 3.05) is 11.9 Å². The first-order chi connectivity index (χ1) is 12.7. The zero-order valence-corrected chi connectivity index (χ0v) is 16.5. The lowest BCUT2D eigenvalue weighted by Crippen LogP contribution is -2.27. The van der Waals surface area contributed by atoms with Crippen LogP contribution < -0.4 is 5.32 Å². The molecule has 1 N–H and O–H groups in total. The second-order valence-electron chi connectivity index (χ2n) is 8.18. The van der Waals surface area contributed by atoms with Gasteiger partial charge in [-0.2, -0.15) is 0 Å². The number of anilines is 1. The molecule has 0 spiro atoms. The fraction of sp³-hybridized carbons (Fsp3) is 0.714. The minimum atomic E-state index is -0.255. The molecule has 0 aliphatic heterocycles. The van der Waals surface area contributed by atoms with Gasteiger partial charge in [0, 0.05) is 10.8 Å². The Hall–Kier alpha value is -1.36. The summed E-state index contributed by atoms with van der Waals surface area (Å²) in [6, 6.07) is 0. The van der Waals surface area contributed by atoms with E-state index in [-0.39, 0.29) is 17.8 Å². The van der Waals surface area contributed by atoms with Crippen LogP contribution in [0, 0.1) is 17.8 Å². The number of carbonyl (C=O) groups is 2. The second kappa shape index (κ2) is 7.71. The molecule has 2 fully saturated rings. The van der Waals surface area contributed by atoms with Crippen LogP contribution in [0.5, 0.6) is 0 Å². The largest absolute Gasteiger partial charge is 0.462 e. The Balaban J connectivity index is 1.58. The molecular formula is C21H29NO3S. The molecule has 2 saturated carbocycles. The van der Waals surface area contributed by atoms with Crippen molar-refractivity contribution in [3.63, 3.8) is 0 Å². The maximum atomic E-state index is 12.9. The normalized spacial score (nSPS) is 27.0. The monoisotopic (exact) mass is 375 g/mol. The molecule has 2 bridgehead atoms. The predicted molar refractivity (Wildman–Crippen MR) is 104 cm³/mol. The molecule has 1 aromatic rings. The molecule has 3 aliphatic carbocycles. The summed E-state index contributed by atoms with van der Waals surface area (Å²) < 4.78 is 5.46. The van der Waals surface area contributed by atoms with Gasteiger partial charge >= 0.3 is 5.97 Å². The first kappa shape index (κ1) is 18.0. The van der Waals surface area contributed by atoms with Crippen LogP contribution in [0.3, 0.4) is 0 Å². The molecule has 1 aromatic heterocycles. The van der Waals surface area contributed by atoms with Crippen molar-refractivity contribution in [1.82, 2.24) is 0 Å². The van der Waals surface area contributed by atoms with E-state index < -0.39 is 0 Å². The first-order valence-electron chi connectivity index (χ1n) is 10.3. The number of rotatable bonds is 5. The van der Waals surface area contributed by atoms with Crippen molar-refractivity contribution in [2.24, 2.45) is 17.8 Å². The summed E-state index contributed by atoms with van der Waals surface area (Å²) in [4.78, 5) is 26.9. The predicted octanol–water partition coefficient (Wildman–Crippen LogP) is 4.96. The number of esters is 1. The van der Waals surface area contributed by atoms with Gasteiger partial charge in [0.15, 0.2) is 0 Å². The van der Waals surface area contributed by atoms with E-state index in [1.165, 1.54) is 30.6 Å². The van der Waals surface area contributed by atoms with Crippen LogP contribution in [0.15, 0.2) is 0 Å². The summed E-state index contributed by atoms with van der Waals surface area (Å²) in [5, 5.41) is 3.89. The maximum absolute atomic E-state index is 12.9. The second-order valence-corrected chi connectivity index (χ2v) is 9.28. The van der Waals surface area contributed by atoms with Crippen molar-refractivity contribution >= 4 is 28.2 Å². The maximum Gasteiger partial charge on any atom is 0.341 e. The highest BCUT2D eigenvalue weighted by atomic mass is 32.1. The molecular weight excluding hydrogens is 346 g/mol. The number of hydrogen-bond donors (Lipinski definition) is 1. The zero-order valence-electron chi connectivity index (χ0n) is 15.6. The number of ether oxygens (including phenoxy) is 1. The molecule has 1 heterocycles. The Morgan fingerprint density at radius 2 is 2.00 bits per heavy atom. The Bertz CT molecular complexity index is 696. The summed E-state index contributed by atoms with van der Waals surface area (Å²) in [6.45, 7) is 2.43. The van der Waals surface area contributed by atoms with Gasteiger partial charge in [0.1, 0.15) is 5.00 Å². The quantitative estimate of drug-likeness (QED) is 0.585. The van der Waals surface area contributed by atoms with Crippen molar-refractivity contribution in [3.05, 3.63) is 16.0 Å². The van der Waals surface area contributed by atoms with Crippen LogP contribution in [0.1, 0.15) is 79.1 Å². The Kier molecular flexibility index (Phi) is 5.35. The van der Waals surface area contributed by atoms with Gasteiger partial charge in [-0.1, -0.05) is 19.8 Å². The third kappa shape index (κ3) is 3.42. The minimum absolute atomic E-state index is 0.123. The van der Waals surface area contributed by atoms with Gasteiger partial charge in [-0.25, -0.2) is 4.79 Å². The SMILES string of the molecule is CCCOC(=O)c1c(NC(=O)[C@H]2C[C@H]3CC[C@@H]2C3)sc2c1CCCCC2. The summed E-state index contributed by atoms with van der Waals surface area (Å²) in [6.07, 6.45) is 10.9. The number of amides is 1. The van der Waals surface area contributed by atoms with Gasteiger partial charge in [0.05, 0.1) is 12.2 Å². The number of fused-ring (bicyclic) bond motifs is 3. The molecule has 0 unspecified atom stereocenters. The Morgan fingerprint density at radius 3 is 2.73 bits per heavy atom. The van der Waals surface area contributed by atoms with Gasteiger partial charge in [-0.05, 0) is 68.8 Å². The third-order valence-electron chi connectivity index (χ3n) is 6.37. The molecule has 26 heavy (non-hydrogen) atoms. The van der Waals surface area contributed by atoms with E-state index >= 15 is 0 Å². The Morgan fingerprint density at radius 1 is 1.15 bits per heavy atom.